The number of thiophene rings is 1. The number of halogens is 1. The third-order valence-electron chi connectivity index (χ3n) is 5.27. The predicted octanol–water partition coefficient (Wildman–Crippen LogP) is 4.57. The molecule has 168 valence electrons. The summed E-state index contributed by atoms with van der Waals surface area (Å²) in [4.78, 5) is 20.5. The zero-order chi connectivity index (χ0) is 22.8. The number of ether oxygens (including phenoxy) is 2. The molecule has 33 heavy (non-hydrogen) atoms. The van der Waals surface area contributed by atoms with E-state index >= 15 is 0 Å². The van der Waals surface area contributed by atoms with Crippen molar-refractivity contribution < 1.29 is 18.7 Å². The molecular weight excluding hydrogens is 443 g/mol. The van der Waals surface area contributed by atoms with Crippen molar-refractivity contribution in [1.29, 1.82) is 0 Å². The average molecular weight is 465 g/mol. The predicted molar refractivity (Wildman–Crippen MR) is 122 cm³/mol. The van der Waals surface area contributed by atoms with Gasteiger partial charge < -0.3 is 14.4 Å². The van der Waals surface area contributed by atoms with Crippen LogP contribution in [0.25, 0.3) is 16.4 Å². The Morgan fingerprint density at radius 1 is 1.15 bits per heavy atom. The molecule has 9 heteroatoms. The van der Waals surface area contributed by atoms with E-state index in [1.165, 1.54) is 28.2 Å². The first-order valence-corrected chi connectivity index (χ1v) is 11.5. The first-order chi connectivity index (χ1) is 16.1. The number of fused-ring (bicyclic) bond motifs is 1. The van der Waals surface area contributed by atoms with Crippen LogP contribution in [0.5, 0.6) is 11.5 Å². The lowest BCUT2D eigenvalue weighted by Crippen LogP contribution is -2.31. The zero-order valence-electron chi connectivity index (χ0n) is 17.9. The van der Waals surface area contributed by atoms with E-state index in [2.05, 4.69) is 10.1 Å². The van der Waals surface area contributed by atoms with Crippen LogP contribution in [-0.2, 0) is 6.54 Å². The summed E-state index contributed by atoms with van der Waals surface area (Å²) in [5.41, 5.74) is 1.35. The van der Waals surface area contributed by atoms with Crippen LogP contribution < -0.4 is 9.47 Å². The van der Waals surface area contributed by atoms with Gasteiger partial charge in [-0.25, -0.2) is 14.1 Å². The van der Waals surface area contributed by atoms with Gasteiger partial charge in [-0.15, -0.1) is 16.4 Å². The van der Waals surface area contributed by atoms with Gasteiger partial charge in [0.1, 0.15) is 19.0 Å². The lowest BCUT2D eigenvalue weighted by molar-refractivity contribution is 0.0737. The lowest BCUT2D eigenvalue weighted by Gasteiger charge is -2.24. The fourth-order valence-corrected chi connectivity index (χ4v) is 4.39. The Morgan fingerprint density at radius 3 is 2.79 bits per heavy atom. The van der Waals surface area contributed by atoms with Crippen molar-refractivity contribution in [2.75, 3.05) is 19.8 Å². The molecule has 0 spiro atoms. The maximum atomic E-state index is 13.9. The van der Waals surface area contributed by atoms with Crippen LogP contribution in [0.15, 0.2) is 60.0 Å². The standard InChI is InChI=1S/C24H21FN4O3S/c1-2-28(15-16-6-3-9-19-21(16)32-12-11-31-19)24(30)22-26-23(20-10-5-13-33-20)29(27-22)18-8-4-7-17(25)14-18/h3-10,13-14H,2,11-12,15H2,1H3. The Hall–Kier alpha value is -3.72. The monoisotopic (exact) mass is 464 g/mol. The number of rotatable bonds is 6. The van der Waals surface area contributed by atoms with Crippen molar-refractivity contribution in [1.82, 2.24) is 19.7 Å². The maximum absolute atomic E-state index is 13.9. The molecule has 0 aliphatic carbocycles. The molecule has 0 radical (unpaired) electrons. The first-order valence-electron chi connectivity index (χ1n) is 10.6. The summed E-state index contributed by atoms with van der Waals surface area (Å²) in [6.07, 6.45) is 0. The minimum absolute atomic E-state index is 0.0477. The molecule has 3 heterocycles. The number of amides is 1. The second kappa shape index (κ2) is 9.03. The highest BCUT2D eigenvalue weighted by atomic mass is 32.1. The Labute approximate surface area is 194 Å². The van der Waals surface area contributed by atoms with Gasteiger partial charge in [0.15, 0.2) is 17.3 Å². The Bertz CT molecular complexity index is 1290. The molecule has 5 rings (SSSR count). The van der Waals surface area contributed by atoms with E-state index < -0.39 is 0 Å². The molecule has 2 aromatic carbocycles. The number of nitrogens with zero attached hydrogens (tertiary/aromatic N) is 4. The van der Waals surface area contributed by atoms with Crippen molar-refractivity contribution in [3.8, 4) is 27.9 Å². The van der Waals surface area contributed by atoms with Crippen molar-refractivity contribution in [3.05, 3.63) is 77.2 Å². The summed E-state index contributed by atoms with van der Waals surface area (Å²) in [7, 11) is 0. The van der Waals surface area contributed by atoms with Gasteiger partial charge in [-0.3, -0.25) is 4.79 Å². The molecule has 4 aromatic rings. The molecule has 0 saturated carbocycles. The zero-order valence-corrected chi connectivity index (χ0v) is 18.7. The second-order valence-corrected chi connectivity index (χ2v) is 8.34. The normalized spacial score (nSPS) is 12.5. The van der Waals surface area contributed by atoms with Gasteiger partial charge in [-0.05, 0) is 42.6 Å². The summed E-state index contributed by atoms with van der Waals surface area (Å²) in [5, 5.41) is 6.39. The molecule has 0 atom stereocenters. The highest BCUT2D eigenvalue weighted by Gasteiger charge is 2.25. The summed E-state index contributed by atoms with van der Waals surface area (Å²) in [6.45, 7) is 3.64. The largest absolute Gasteiger partial charge is 0.486 e. The molecule has 1 aliphatic rings. The molecule has 7 nitrogen and oxygen atoms in total. The van der Waals surface area contributed by atoms with Crippen LogP contribution in [0.2, 0.25) is 0 Å². The second-order valence-electron chi connectivity index (χ2n) is 7.39. The van der Waals surface area contributed by atoms with E-state index in [1.807, 2.05) is 42.6 Å². The number of hydrogen-bond donors (Lipinski definition) is 0. The third-order valence-corrected chi connectivity index (χ3v) is 6.14. The van der Waals surface area contributed by atoms with Gasteiger partial charge in [-0.1, -0.05) is 24.3 Å². The molecule has 1 amide bonds. The highest BCUT2D eigenvalue weighted by Crippen LogP contribution is 2.34. The van der Waals surface area contributed by atoms with Crippen LogP contribution in [0.4, 0.5) is 4.39 Å². The van der Waals surface area contributed by atoms with Gasteiger partial charge in [-0.2, -0.15) is 0 Å². The Balaban J connectivity index is 1.49. The van der Waals surface area contributed by atoms with E-state index in [9.17, 15) is 9.18 Å². The number of aromatic nitrogens is 3. The molecule has 0 unspecified atom stereocenters. The smallest absolute Gasteiger partial charge is 0.293 e. The molecule has 0 saturated heterocycles. The number of hydrogen-bond acceptors (Lipinski definition) is 6. The SMILES string of the molecule is CCN(Cc1cccc2c1OCCO2)C(=O)c1nc(-c2cccs2)n(-c2cccc(F)c2)n1. The number of benzene rings is 2. The topological polar surface area (TPSA) is 69.5 Å². The van der Waals surface area contributed by atoms with E-state index in [1.54, 1.807) is 17.0 Å². The summed E-state index contributed by atoms with van der Waals surface area (Å²) < 4.78 is 26.9. The minimum atomic E-state index is -0.390. The Morgan fingerprint density at radius 2 is 2.00 bits per heavy atom. The van der Waals surface area contributed by atoms with Gasteiger partial charge in [0.25, 0.3) is 5.91 Å². The van der Waals surface area contributed by atoms with Gasteiger partial charge in [0.05, 0.1) is 10.6 Å². The summed E-state index contributed by atoms with van der Waals surface area (Å²) >= 11 is 1.47. The number of carbonyl (C=O) groups excluding carboxylic acids is 1. The van der Waals surface area contributed by atoms with E-state index in [4.69, 9.17) is 9.47 Å². The lowest BCUT2D eigenvalue weighted by atomic mass is 10.1. The highest BCUT2D eigenvalue weighted by molar-refractivity contribution is 7.13. The summed E-state index contributed by atoms with van der Waals surface area (Å²) in [6, 6.07) is 15.5. The van der Waals surface area contributed by atoms with Crippen LogP contribution in [0.1, 0.15) is 23.1 Å². The number of carbonyl (C=O) groups is 1. The Kier molecular flexibility index (Phi) is 5.78. The molecule has 2 aromatic heterocycles. The fraction of sp³-hybridized carbons (Fsp3) is 0.208. The van der Waals surface area contributed by atoms with E-state index in [-0.39, 0.29) is 17.5 Å². The third kappa shape index (κ3) is 4.19. The van der Waals surface area contributed by atoms with Gasteiger partial charge in [0, 0.05) is 18.7 Å². The van der Waals surface area contributed by atoms with Crippen molar-refractivity contribution >= 4 is 17.2 Å². The van der Waals surface area contributed by atoms with Gasteiger partial charge >= 0.3 is 0 Å². The fourth-order valence-electron chi connectivity index (χ4n) is 3.69. The van der Waals surface area contributed by atoms with E-state index in [0.717, 1.165) is 10.4 Å². The first kappa shape index (κ1) is 21.1. The van der Waals surface area contributed by atoms with Gasteiger partial charge in [0.2, 0.25) is 5.82 Å². The molecule has 0 N–H and O–H groups in total. The van der Waals surface area contributed by atoms with Crippen LogP contribution in [0, 0.1) is 5.82 Å². The maximum Gasteiger partial charge on any atom is 0.293 e. The molecule has 0 bridgehead atoms. The van der Waals surface area contributed by atoms with Crippen molar-refractivity contribution in [2.24, 2.45) is 0 Å². The van der Waals surface area contributed by atoms with Crippen molar-refractivity contribution in [2.45, 2.75) is 13.5 Å². The minimum Gasteiger partial charge on any atom is -0.486 e. The molecule has 1 aliphatic heterocycles. The van der Waals surface area contributed by atoms with Crippen molar-refractivity contribution in [3.63, 3.8) is 0 Å². The van der Waals surface area contributed by atoms with E-state index in [0.29, 0.717) is 49.3 Å². The summed E-state index contributed by atoms with van der Waals surface area (Å²) in [5.74, 6) is 1.16. The quantitative estimate of drug-likeness (QED) is 0.418. The van der Waals surface area contributed by atoms with Crippen LogP contribution in [-0.4, -0.2) is 45.3 Å². The number of para-hydroxylation sites is 1. The average Bonchev–Trinajstić information content (AvgIpc) is 3.52. The van der Waals surface area contributed by atoms with Crippen LogP contribution in [0.3, 0.4) is 0 Å². The molecular formula is C24H21FN4O3S. The van der Waals surface area contributed by atoms with Crippen LogP contribution >= 0.6 is 11.3 Å². The molecule has 0 fully saturated rings.